The van der Waals surface area contributed by atoms with Crippen molar-refractivity contribution < 1.29 is 4.79 Å². The summed E-state index contributed by atoms with van der Waals surface area (Å²) in [5.74, 6) is 0.877. The van der Waals surface area contributed by atoms with Gasteiger partial charge in [-0.15, -0.1) is 11.8 Å². The summed E-state index contributed by atoms with van der Waals surface area (Å²) in [5.41, 5.74) is 4.05. The number of nitrogens with one attached hydrogen (secondary N) is 2. The van der Waals surface area contributed by atoms with Gasteiger partial charge >= 0.3 is 0 Å². The Bertz CT molecular complexity index is 597. The second-order valence-corrected chi connectivity index (χ2v) is 6.36. The third-order valence-electron chi connectivity index (χ3n) is 3.27. The van der Waals surface area contributed by atoms with Gasteiger partial charge in [0.05, 0.1) is 16.3 Å². The number of H-pyrrole nitrogens is 1. The number of nitrogens with zero attached hydrogens (tertiary/aromatic N) is 1. The largest absolute Gasteiger partial charge is 0.325 e. The zero-order valence-electron chi connectivity index (χ0n) is 12.9. The number of anilines is 1. The van der Waals surface area contributed by atoms with Gasteiger partial charge in [0.15, 0.2) is 0 Å². The van der Waals surface area contributed by atoms with Gasteiger partial charge in [0.1, 0.15) is 0 Å². The van der Waals surface area contributed by atoms with Crippen LogP contribution in [0.3, 0.4) is 0 Å². The molecule has 0 atom stereocenters. The molecular weight excluding hydrogens is 282 g/mol. The van der Waals surface area contributed by atoms with Crippen LogP contribution in [0.1, 0.15) is 36.7 Å². The molecule has 0 aliphatic heterocycles. The Balaban J connectivity index is 1.90. The van der Waals surface area contributed by atoms with E-state index in [-0.39, 0.29) is 5.91 Å². The first-order chi connectivity index (χ1) is 9.97. The number of hydrogen-bond acceptors (Lipinski definition) is 3. The molecule has 2 rings (SSSR count). The number of benzene rings is 1. The van der Waals surface area contributed by atoms with Crippen LogP contribution in [0.4, 0.5) is 5.69 Å². The number of amides is 1. The van der Waals surface area contributed by atoms with Crippen LogP contribution >= 0.6 is 11.8 Å². The summed E-state index contributed by atoms with van der Waals surface area (Å²) in [6, 6.07) is 8.01. The van der Waals surface area contributed by atoms with Crippen molar-refractivity contribution in [3.63, 3.8) is 0 Å². The Labute approximate surface area is 129 Å². The summed E-state index contributed by atoms with van der Waals surface area (Å²) in [6.07, 6.45) is 0. The Kier molecular flexibility index (Phi) is 5.07. The predicted molar refractivity (Wildman–Crippen MR) is 87.9 cm³/mol. The second-order valence-electron chi connectivity index (χ2n) is 5.38. The van der Waals surface area contributed by atoms with Crippen molar-refractivity contribution in [2.75, 3.05) is 11.1 Å². The quantitative estimate of drug-likeness (QED) is 0.824. The Hall–Kier alpha value is -1.75. The lowest BCUT2D eigenvalue weighted by molar-refractivity contribution is -0.113. The van der Waals surface area contributed by atoms with E-state index in [1.807, 2.05) is 26.0 Å². The van der Waals surface area contributed by atoms with Gasteiger partial charge < -0.3 is 5.32 Å². The fourth-order valence-corrected chi connectivity index (χ4v) is 2.90. The number of rotatable bonds is 5. The molecule has 0 aliphatic rings. The van der Waals surface area contributed by atoms with Gasteiger partial charge in [-0.25, -0.2) is 0 Å². The SMILES string of the molecule is Cc1n[nH]c(C)c1SCC(=O)Nc1ccc(C(C)C)cc1. The van der Waals surface area contributed by atoms with Crippen molar-refractivity contribution in [2.45, 2.75) is 38.5 Å². The topological polar surface area (TPSA) is 57.8 Å². The highest BCUT2D eigenvalue weighted by atomic mass is 32.2. The van der Waals surface area contributed by atoms with Crippen LogP contribution in [-0.4, -0.2) is 21.9 Å². The molecule has 4 nitrogen and oxygen atoms in total. The number of carbonyl (C=O) groups excluding carboxylic acids is 1. The number of carbonyl (C=O) groups is 1. The predicted octanol–water partition coefficient (Wildman–Crippen LogP) is 3.88. The smallest absolute Gasteiger partial charge is 0.234 e. The number of hydrogen-bond donors (Lipinski definition) is 2. The minimum atomic E-state index is -0.00250. The van der Waals surface area contributed by atoms with Gasteiger partial charge in [-0.05, 0) is 37.5 Å². The van der Waals surface area contributed by atoms with Crippen molar-refractivity contribution in [1.29, 1.82) is 0 Å². The highest BCUT2D eigenvalue weighted by Crippen LogP contribution is 2.24. The number of thioether (sulfide) groups is 1. The van der Waals surface area contributed by atoms with Crippen molar-refractivity contribution in [2.24, 2.45) is 0 Å². The van der Waals surface area contributed by atoms with Crippen LogP contribution in [0.5, 0.6) is 0 Å². The molecule has 0 unspecified atom stereocenters. The first-order valence-corrected chi connectivity index (χ1v) is 8.00. The van der Waals surface area contributed by atoms with E-state index >= 15 is 0 Å². The van der Waals surface area contributed by atoms with E-state index in [1.165, 1.54) is 17.3 Å². The molecule has 0 spiro atoms. The Morgan fingerprint density at radius 1 is 1.29 bits per heavy atom. The standard InChI is InChI=1S/C16H21N3OS/c1-10(2)13-5-7-14(8-6-13)17-15(20)9-21-16-11(3)18-19-12(16)4/h5-8,10H,9H2,1-4H3,(H,17,20)(H,18,19). The Morgan fingerprint density at radius 2 is 1.95 bits per heavy atom. The third kappa shape index (κ3) is 4.11. The molecule has 5 heteroatoms. The fourth-order valence-electron chi connectivity index (χ4n) is 2.04. The van der Waals surface area contributed by atoms with Crippen LogP contribution in [0.2, 0.25) is 0 Å². The van der Waals surface area contributed by atoms with Crippen molar-refractivity contribution in [3.8, 4) is 0 Å². The lowest BCUT2D eigenvalue weighted by Gasteiger charge is -2.08. The van der Waals surface area contributed by atoms with Crippen LogP contribution in [0.25, 0.3) is 0 Å². The highest BCUT2D eigenvalue weighted by Gasteiger charge is 2.10. The molecule has 1 amide bonds. The molecular formula is C16H21N3OS. The van der Waals surface area contributed by atoms with Gasteiger partial charge in [0.2, 0.25) is 5.91 Å². The van der Waals surface area contributed by atoms with Gasteiger partial charge in [-0.1, -0.05) is 26.0 Å². The van der Waals surface area contributed by atoms with E-state index in [0.717, 1.165) is 22.0 Å². The minimum Gasteiger partial charge on any atom is -0.325 e. The summed E-state index contributed by atoms with van der Waals surface area (Å²) in [6.45, 7) is 8.21. The maximum atomic E-state index is 12.0. The van der Waals surface area contributed by atoms with Gasteiger partial charge in [0, 0.05) is 11.4 Å². The molecule has 1 aromatic heterocycles. The molecule has 1 heterocycles. The van der Waals surface area contributed by atoms with Gasteiger partial charge in [0.25, 0.3) is 0 Å². The summed E-state index contributed by atoms with van der Waals surface area (Å²) < 4.78 is 0. The van der Waals surface area contributed by atoms with E-state index in [4.69, 9.17) is 0 Å². The summed E-state index contributed by atoms with van der Waals surface area (Å²) in [7, 11) is 0. The number of aryl methyl sites for hydroxylation is 2. The van der Waals surface area contributed by atoms with E-state index in [1.54, 1.807) is 0 Å². The minimum absolute atomic E-state index is 0.00250. The lowest BCUT2D eigenvalue weighted by atomic mass is 10.0. The first kappa shape index (κ1) is 15.6. The van der Waals surface area contributed by atoms with E-state index < -0.39 is 0 Å². The molecule has 112 valence electrons. The molecule has 0 radical (unpaired) electrons. The normalized spacial score (nSPS) is 10.9. The molecule has 21 heavy (non-hydrogen) atoms. The third-order valence-corrected chi connectivity index (χ3v) is 4.57. The monoisotopic (exact) mass is 303 g/mol. The lowest BCUT2D eigenvalue weighted by Crippen LogP contribution is -2.14. The second kappa shape index (κ2) is 6.80. The van der Waals surface area contributed by atoms with E-state index in [2.05, 4.69) is 41.5 Å². The fraction of sp³-hybridized carbons (Fsp3) is 0.375. The zero-order valence-corrected chi connectivity index (χ0v) is 13.7. The maximum absolute atomic E-state index is 12.0. The molecule has 0 bridgehead atoms. The number of aromatic amines is 1. The van der Waals surface area contributed by atoms with E-state index in [9.17, 15) is 4.79 Å². The van der Waals surface area contributed by atoms with Gasteiger partial charge in [-0.3, -0.25) is 9.89 Å². The zero-order chi connectivity index (χ0) is 15.4. The summed E-state index contributed by atoms with van der Waals surface area (Å²) >= 11 is 1.51. The molecule has 1 aromatic carbocycles. The maximum Gasteiger partial charge on any atom is 0.234 e. The Morgan fingerprint density at radius 3 is 2.48 bits per heavy atom. The average molecular weight is 303 g/mol. The molecule has 2 N–H and O–H groups in total. The van der Waals surface area contributed by atoms with E-state index in [0.29, 0.717) is 11.7 Å². The molecule has 0 saturated carbocycles. The van der Waals surface area contributed by atoms with Crippen molar-refractivity contribution in [3.05, 3.63) is 41.2 Å². The molecule has 0 aliphatic carbocycles. The molecule has 0 fully saturated rings. The van der Waals surface area contributed by atoms with Crippen LogP contribution in [-0.2, 0) is 4.79 Å². The van der Waals surface area contributed by atoms with Gasteiger partial charge in [-0.2, -0.15) is 5.10 Å². The van der Waals surface area contributed by atoms with Crippen LogP contribution < -0.4 is 5.32 Å². The summed E-state index contributed by atoms with van der Waals surface area (Å²) in [4.78, 5) is 13.0. The summed E-state index contributed by atoms with van der Waals surface area (Å²) in [5, 5.41) is 9.97. The molecule has 2 aromatic rings. The number of aromatic nitrogens is 2. The first-order valence-electron chi connectivity index (χ1n) is 7.01. The van der Waals surface area contributed by atoms with Crippen LogP contribution in [0.15, 0.2) is 29.2 Å². The van der Waals surface area contributed by atoms with Crippen molar-refractivity contribution >= 4 is 23.4 Å². The average Bonchev–Trinajstić information content (AvgIpc) is 2.76. The van der Waals surface area contributed by atoms with Crippen molar-refractivity contribution in [1.82, 2.24) is 10.2 Å². The molecule has 0 saturated heterocycles. The highest BCUT2D eigenvalue weighted by molar-refractivity contribution is 8.00. The van der Waals surface area contributed by atoms with Crippen LogP contribution in [0, 0.1) is 13.8 Å².